The van der Waals surface area contributed by atoms with E-state index in [4.69, 9.17) is 22.1 Å². The van der Waals surface area contributed by atoms with Crippen LogP contribution in [0.4, 0.5) is 0 Å². The van der Waals surface area contributed by atoms with E-state index in [1.54, 1.807) is 7.11 Å². The summed E-state index contributed by atoms with van der Waals surface area (Å²) in [5.74, 6) is 0.784. The van der Waals surface area contributed by atoms with Crippen LogP contribution >= 0.6 is 11.6 Å². The van der Waals surface area contributed by atoms with Crippen molar-refractivity contribution in [2.75, 3.05) is 20.7 Å². The molecule has 17 heavy (non-hydrogen) atoms. The van der Waals surface area contributed by atoms with Gasteiger partial charge >= 0.3 is 0 Å². The Morgan fingerprint density at radius 1 is 1.53 bits per heavy atom. The first-order valence-electron chi connectivity index (χ1n) is 5.87. The van der Waals surface area contributed by atoms with E-state index in [1.807, 2.05) is 25.2 Å². The number of halogens is 1. The topological polar surface area (TPSA) is 47.3 Å². The van der Waals surface area contributed by atoms with E-state index in [0.29, 0.717) is 6.54 Å². The molecule has 4 heteroatoms. The highest BCUT2D eigenvalue weighted by molar-refractivity contribution is 6.31. The van der Waals surface area contributed by atoms with Gasteiger partial charge in [-0.25, -0.2) is 0 Å². The van der Waals surface area contributed by atoms with E-state index in [2.05, 4.69) is 5.32 Å². The average molecular weight is 255 g/mol. The van der Waals surface area contributed by atoms with Crippen molar-refractivity contribution in [1.82, 2.24) is 5.32 Å². The minimum Gasteiger partial charge on any atom is -0.497 e. The molecule has 0 saturated heterocycles. The molecule has 1 saturated carbocycles. The Morgan fingerprint density at radius 2 is 2.24 bits per heavy atom. The Labute approximate surface area is 107 Å². The fourth-order valence-electron chi connectivity index (χ4n) is 2.43. The van der Waals surface area contributed by atoms with E-state index in [-0.39, 0.29) is 11.5 Å². The molecule has 1 aromatic carbocycles. The molecule has 0 aromatic heterocycles. The Kier molecular flexibility index (Phi) is 3.61. The molecule has 1 aromatic rings. The quantitative estimate of drug-likeness (QED) is 0.848. The van der Waals surface area contributed by atoms with Gasteiger partial charge in [0.1, 0.15) is 5.75 Å². The van der Waals surface area contributed by atoms with Crippen LogP contribution in [-0.2, 0) is 0 Å². The van der Waals surface area contributed by atoms with Crippen molar-refractivity contribution in [3.63, 3.8) is 0 Å². The molecule has 2 rings (SSSR count). The molecule has 0 heterocycles. The molecule has 94 valence electrons. The normalized spacial score (nSPS) is 18.8. The predicted molar refractivity (Wildman–Crippen MR) is 70.5 cm³/mol. The highest BCUT2D eigenvalue weighted by Crippen LogP contribution is 2.54. The number of benzene rings is 1. The first-order valence-corrected chi connectivity index (χ1v) is 6.25. The third kappa shape index (κ3) is 2.28. The SMILES string of the molecule is CNC(c1ccc(OC)cc1Cl)C1(CN)CC1. The maximum absolute atomic E-state index is 6.31. The highest BCUT2D eigenvalue weighted by Gasteiger charge is 2.48. The zero-order valence-electron chi connectivity index (χ0n) is 10.3. The fraction of sp³-hybridized carbons (Fsp3) is 0.538. The van der Waals surface area contributed by atoms with Crippen molar-refractivity contribution < 1.29 is 4.74 Å². The number of rotatable bonds is 5. The van der Waals surface area contributed by atoms with Crippen LogP contribution in [0.15, 0.2) is 18.2 Å². The van der Waals surface area contributed by atoms with Crippen LogP contribution in [0.3, 0.4) is 0 Å². The van der Waals surface area contributed by atoms with Gasteiger partial charge in [0.2, 0.25) is 0 Å². The molecule has 1 atom stereocenters. The van der Waals surface area contributed by atoms with Gasteiger partial charge in [0, 0.05) is 16.5 Å². The van der Waals surface area contributed by atoms with Crippen LogP contribution in [0.25, 0.3) is 0 Å². The van der Waals surface area contributed by atoms with E-state index >= 15 is 0 Å². The van der Waals surface area contributed by atoms with Crippen molar-refractivity contribution in [2.45, 2.75) is 18.9 Å². The Hall–Kier alpha value is -0.770. The highest BCUT2D eigenvalue weighted by atomic mass is 35.5. The number of methoxy groups -OCH3 is 1. The Balaban J connectivity index is 2.31. The molecular weight excluding hydrogens is 236 g/mol. The monoisotopic (exact) mass is 254 g/mol. The van der Waals surface area contributed by atoms with Crippen molar-refractivity contribution in [1.29, 1.82) is 0 Å². The van der Waals surface area contributed by atoms with Gasteiger partial charge in [-0.3, -0.25) is 0 Å². The minimum absolute atomic E-state index is 0.187. The second kappa shape index (κ2) is 4.84. The zero-order chi connectivity index (χ0) is 12.5. The first-order chi connectivity index (χ1) is 8.16. The maximum Gasteiger partial charge on any atom is 0.120 e. The van der Waals surface area contributed by atoms with Gasteiger partial charge in [-0.1, -0.05) is 17.7 Å². The lowest BCUT2D eigenvalue weighted by molar-refractivity contribution is 0.365. The standard InChI is InChI=1S/C13H19ClN2O/c1-16-12(13(8-15)5-6-13)10-4-3-9(17-2)7-11(10)14/h3-4,7,12,16H,5-6,8,15H2,1-2H3. The summed E-state index contributed by atoms with van der Waals surface area (Å²) in [4.78, 5) is 0. The fourth-order valence-corrected chi connectivity index (χ4v) is 2.71. The molecule has 3 N–H and O–H groups in total. The summed E-state index contributed by atoms with van der Waals surface area (Å²) in [6.45, 7) is 0.695. The second-order valence-electron chi connectivity index (χ2n) is 4.68. The molecule has 0 bridgehead atoms. The Morgan fingerprint density at radius 3 is 2.65 bits per heavy atom. The lowest BCUT2D eigenvalue weighted by Crippen LogP contribution is -2.32. The van der Waals surface area contributed by atoms with Crippen molar-refractivity contribution in [2.24, 2.45) is 11.1 Å². The van der Waals surface area contributed by atoms with E-state index in [1.165, 1.54) is 0 Å². The third-order valence-corrected chi connectivity index (χ3v) is 4.05. The molecule has 0 aliphatic heterocycles. The molecule has 1 aliphatic carbocycles. The van der Waals surface area contributed by atoms with Gasteiger partial charge in [0.25, 0.3) is 0 Å². The molecule has 1 aliphatic rings. The third-order valence-electron chi connectivity index (χ3n) is 3.72. The largest absolute Gasteiger partial charge is 0.497 e. The summed E-state index contributed by atoms with van der Waals surface area (Å²) < 4.78 is 5.16. The van der Waals surface area contributed by atoms with Crippen LogP contribution in [0.5, 0.6) is 5.75 Å². The van der Waals surface area contributed by atoms with E-state index in [0.717, 1.165) is 29.2 Å². The molecule has 1 unspecified atom stereocenters. The number of nitrogens with two attached hydrogens (primary N) is 1. The average Bonchev–Trinajstić information content (AvgIpc) is 3.13. The van der Waals surface area contributed by atoms with Gasteiger partial charge < -0.3 is 15.8 Å². The smallest absolute Gasteiger partial charge is 0.120 e. The number of hydrogen-bond acceptors (Lipinski definition) is 3. The minimum atomic E-state index is 0.187. The second-order valence-corrected chi connectivity index (χ2v) is 5.08. The summed E-state index contributed by atoms with van der Waals surface area (Å²) in [7, 11) is 3.60. The molecule has 3 nitrogen and oxygen atoms in total. The first kappa shape index (κ1) is 12.7. The summed E-state index contributed by atoms with van der Waals surface area (Å²) >= 11 is 6.31. The molecule has 0 radical (unpaired) electrons. The van der Waals surface area contributed by atoms with Gasteiger partial charge in [0.15, 0.2) is 0 Å². The van der Waals surface area contributed by atoms with Crippen molar-refractivity contribution in [3.8, 4) is 5.75 Å². The number of nitrogens with one attached hydrogen (secondary N) is 1. The molecule has 1 fully saturated rings. The lowest BCUT2D eigenvalue weighted by Gasteiger charge is -2.27. The number of ether oxygens (including phenoxy) is 1. The summed E-state index contributed by atoms with van der Waals surface area (Å²) in [6.07, 6.45) is 2.33. The molecule has 0 spiro atoms. The van der Waals surface area contributed by atoms with Crippen molar-refractivity contribution >= 4 is 11.6 Å². The summed E-state index contributed by atoms with van der Waals surface area (Å²) in [5.41, 5.74) is 7.18. The van der Waals surface area contributed by atoms with E-state index in [9.17, 15) is 0 Å². The van der Waals surface area contributed by atoms with Gasteiger partial charge in [-0.2, -0.15) is 0 Å². The Bertz CT molecular complexity index is 404. The molecular formula is C13H19ClN2O. The van der Waals surface area contributed by atoms with Crippen LogP contribution in [0, 0.1) is 5.41 Å². The lowest BCUT2D eigenvalue weighted by atomic mass is 9.90. The predicted octanol–water partition coefficient (Wildman–Crippen LogP) is 2.35. The molecule has 0 amide bonds. The van der Waals surface area contributed by atoms with Gasteiger partial charge in [0.05, 0.1) is 7.11 Å². The van der Waals surface area contributed by atoms with Gasteiger partial charge in [-0.05, 0) is 44.1 Å². The number of hydrogen-bond donors (Lipinski definition) is 2. The van der Waals surface area contributed by atoms with Crippen molar-refractivity contribution in [3.05, 3.63) is 28.8 Å². The van der Waals surface area contributed by atoms with Crippen LogP contribution in [0.2, 0.25) is 5.02 Å². The maximum atomic E-state index is 6.31. The summed E-state index contributed by atoms with van der Waals surface area (Å²) in [6, 6.07) is 6.05. The van der Waals surface area contributed by atoms with Crippen LogP contribution in [-0.4, -0.2) is 20.7 Å². The van der Waals surface area contributed by atoms with E-state index < -0.39 is 0 Å². The summed E-state index contributed by atoms with van der Waals surface area (Å²) in [5, 5.41) is 4.08. The van der Waals surface area contributed by atoms with Crippen LogP contribution in [0.1, 0.15) is 24.4 Å². The zero-order valence-corrected chi connectivity index (χ0v) is 11.1. The van der Waals surface area contributed by atoms with Crippen LogP contribution < -0.4 is 15.8 Å². The van der Waals surface area contributed by atoms with Gasteiger partial charge in [-0.15, -0.1) is 0 Å².